The Kier molecular flexibility index (Phi) is 3.17. The SMILES string of the molecule is CC(C)(C)NC1CC2(C1)CC(C(=O)C(C)(C)C)C2. The highest BCUT2D eigenvalue weighted by molar-refractivity contribution is 5.86. The standard InChI is InChI=1S/C16H29NO/c1-14(2,3)13(18)11-7-16(8-11)9-12(10-16)17-15(4,5)6/h11-12,17H,7-10H2,1-6H3. The Morgan fingerprint density at radius 3 is 1.89 bits per heavy atom. The monoisotopic (exact) mass is 251 g/mol. The van der Waals surface area contributed by atoms with Crippen molar-refractivity contribution in [3.8, 4) is 0 Å². The van der Waals surface area contributed by atoms with Crippen LogP contribution in [-0.2, 0) is 4.79 Å². The number of rotatable bonds is 2. The van der Waals surface area contributed by atoms with Crippen LogP contribution in [-0.4, -0.2) is 17.4 Å². The molecule has 2 aliphatic rings. The van der Waals surface area contributed by atoms with Crippen LogP contribution in [0.5, 0.6) is 0 Å². The van der Waals surface area contributed by atoms with Crippen LogP contribution in [0.2, 0.25) is 0 Å². The molecular weight excluding hydrogens is 222 g/mol. The van der Waals surface area contributed by atoms with Crippen molar-refractivity contribution in [2.45, 2.75) is 78.8 Å². The van der Waals surface area contributed by atoms with Crippen molar-refractivity contribution in [3.05, 3.63) is 0 Å². The lowest BCUT2D eigenvalue weighted by Gasteiger charge is -2.59. The smallest absolute Gasteiger partial charge is 0.141 e. The Bertz CT molecular complexity index is 331. The van der Waals surface area contributed by atoms with Gasteiger partial charge in [-0.15, -0.1) is 0 Å². The van der Waals surface area contributed by atoms with E-state index in [0.717, 1.165) is 12.8 Å². The second-order valence-electron chi connectivity index (χ2n) is 8.72. The number of ketones is 1. The van der Waals surface area contributed by atoms with Crippen molar-refractivity contribution in [2.24, 2.45) is 16.7 Å². The molecule has 0 bridgehead atoms. The summed E-state index contributed by atoms with van der Waals surface area (Å²) in [6.07, 6.45) is 4.84. The first-order chi connectivity index (χ1) is 8.01. The molecule has 2 aliphatic carbocycles. The van der Waals surface area contributed by atoms with Crippen molar-refractivity contribution in [3.63, 3.8) is 0 Å². The third kappa shape index (κ3) is 2.79. The van der Waals surface area contributed by atoms with Gasteiger partial charge in [-0.2, -0.15) is 0 Å². The summed E-state index contributed by atoms with van der Waals surface area (Å²) in [6.45, 7) is 12.8. The maximum atomic E-state index is 12.2. The van der Waals surface area contributed by atoms with Gasteiger partial charge in [0.25, 0.3) is 0 Å². The summed E-state index contributed by atoms with van der Waals surface area (Å²) in [5, 5.41) is 3.67. The van der Waals surface area contributed by atoms with Crippen molar-refractivity contribution in [2.75, 3.05) is 0 Å². The van der Waals surface area contributed by atoms with E-state index in [1.54, 1.807) is 0 Å². The fraction of sp³-hybridized carbons (Fsp3) is 0.938. The van der Waals surface area contributed by atoms with E-state index in [1.165, 1.54) is 12.8 Å². The Balaban J connectivity index is 1.77. The van der Waals surface area contributed by atoms with Crippen LogP contribution < -0.4 is 5.32 Å². The van der Waals surface area contributed by atoms with Gasteiger partial charge in [0.1, 0.15) is 5.78 Å². The van der Waals surface area contributed by atoms with Gasteiger partial charge in [0, 0.05) is 22.9 Å². The van der Waals surface area contributed by atoms with Gasteiger partial charge in [-0.25, -0.2) is 0 Å². The molecule has 0 atom stereocenters. The first kappa shape index (κ1) is 14.0. The third-order valence-electron chi connectivity index (χ3n) is 4.46. The van der Waals surface area contributed by atoms with Crippen molar-refractivity contribution in [1.82, 2.24) is 5.32 Å². The molecule has 0 aliphatic heterocycles. The normalized spacial score (nSPS) is 36.1. The summed E-state index contributed by atoms with van der Waals surface area (Å²) >= 11 is 0. The van der Waals surface area contributed by atoms with E-state index in [-0.39, 0.29) is 11.0 Å². The molecule has 2 nitrogen and oxygen atoms in total. The number of Topliss-reactive ketones (excluding diaryl/α,β-unsaturated/α-hetero) is 1. The van der Waals surface area contributed by atoms with Gasteiger partial charge < -0.3 is 5.32 Å². The van der Waals surface area contributed by atoms with Gasteiger partial charge >= 0.3 is 0 Å². The summed E-state index contributed by atoms with van der Waals surface area (Å²) in [6, 6.07) is 0.677. The van der Waals surface area contributed by atoms with E-state index in [2.05, 4.69) is 26.1 Å². The number of hydrogen-bond donors (Lipinski definition) is 1. The lowest BCUT2D eigenvalue weighted by molar-refractivity contribution is -0.144. The number of nitrogens with one attached hydrogen (secondary N) is 1. The average molecular weight is 251 g/mol. The lowest BCUT2D eigenvalue weighted by atomic mass is 9.48. The summed E-state index contributed by atoms with van der Waals surface area (Å²) in [5.74, 6) is 0.820. The molecule has 0 unspecified atom stereocenters. The van der Waals surface area contributed by atoms with E-state index in [9.17, 15) is 4.79 Å². The van der Waals surface area contributed by atoms with Gasteiger partial charge in [0.15, 0.2) is 0 Å². The topological polar surface area (TPSA) is 29.1 Å². The predicted molar refractivity (Wildman–Crippen MR) is 75.5 cm³/mol. The van der Waals surface area contributed by atoms with Crippen LogP contribution in [0.25, 0.3) is 0 Å². The van der Waals surface area contributed by atoms with Crippen LogP contribution in [0.1, 0.15) is 67.2 Å². The zero-order valence-corrected chi connectivity index (χ0v) is 12.9. The molecule has 1 spiro atoms. The number of carbonyl (C=O) groups is 1. The number of hydrogen-bond acceptors (Lipinski definition) is 2. The average Bonchev–Trinajstić information content (AvgIpc) is 2.01. The quantitative estimate of drug-likeness (QED) is 0.813. The molecule has 0 aromatic rings. The molecule has 18 heavy (non-hydrogen) atoms. The first-order valence-electron chi connectivity index (χ1n) is 7.33. The summed E-state index contributed by atoms with van der Waals surface area (Å²) in [4.78, 5) is 12.2. The van der Waals surface area contributed by atoms with Crippen LogP contribution >= 0.6 is 0 Å². The Labute approximate surface area is 112 Å². The van der Waals surface area contributed by atoms with E-state index in [1.807, 2.05) is 20.8 Å². The highest BCUT2D eigenvalue weighted by atomic mass is 16.1. The maximum absolute atomic E-state index is 12.2. The third-order valence-corrected chi connectivity index (χ3v) is 4.46. The van der Waals surface area contributed by atoms with Crippen LogP contribution in [0, 0.1) is 16.7 Å². The van der Waals surface area contributed by atoms with Gasteiger partial charge in [0.05, 0.1) is 0 Å². The lowest BCUT2D eigenvalue weighted by Crippen LogP contribution is -2.60. The molecule has 0 heterocycles. The fourth-order valence-electron chi connectivity index (χ4n) is 3.82. The molecule has 2 saturated carbocycles. The van der Waals surface area contributed by atoms with Gasteiger partial charge in [-0.05, 0) is 51.9 Å². The maximum Gasteiger partial charge on any atom is 0.141 e. The van der Waals surface area contributed by atoms with E-state index in [0.29, 0.717) is 23.2 Å². The first-order valence-corrected chi connectivity index (χ1v) is 7.33. The van der Waals surface area contributed by atoms with Crippen LogP contribution in [0.4, 0.5) is 0 Å². The summed E-state index contributed by atoms with van der Waals surface area (Å²) in [5.41, 5.74) is 0.588. The van der Waals surface area contributed by atoms with E-state index in [4.69, 9.17) is 0 Å². The molecule has 0 saturated heterocycles. The Morgan fingerprint density at radius 2 is 1.50 bits per heavy atom. The van der Waals surface area contributed by atoms with Gasteiger partial charge in [0.2, 0.25) is 0 Å². The van der Waals surface area contributed by atoms with Crippen molar-refractivity contribution >= 4 is 5.78 Å². The van der Waals surface area contributed by atoms with E-state index < -0.39 is 0 Å². The second kappa shape index (κ2) is 4.06. The number of carbonyl (C=O) groups excluding carboxylic acids is 1. The summed E-state index contributed by atoms with van der Waals surface area (Å²) in [7, 11) is 0. The van der Waals surface area contributed by atoms with Gasteiger partial charge in [-0.3, -0.25) is 4.79 Å². The minimum absolute atomic E-state index is 0.154. The molecular formula is C16H29NO. The molecule has 1 N–H and O–H groups in total. The van der Waals surface area contributed by atoms with Crippen LogP contribution in [0.3, 0.4) is 0 Å². The zero-order valence-electron chi connectivity index (χ0n) is 12.9. The largest absolute Gasteiger partial charge is 0.309 e. The predicted octanol–water partition coefficient (Wildman–Crippen LogP) is 3.55. The highest BCUT2D eigenvalue weighted by Crippen LogP contribution is 2.60. The fourth-order valence-corrected chi connectivity index (χ4v) is 3.82. The zero-order chi connectivity index (χ0) is 13.8. The molecule has 2 fully saturated rings. The van der Waals surface area contributed by atoms with Crippen molar-refractivity contribution in [1.29, 1.82) is 0 Å². The molecule has 2 heteroatoms. The molecule has 104 valence electrons. The summed E-state index contributed by atoms with van der Waals surface area (Å²) < 4.78 is 0. The van der Waals surface area contributed by atoms with Gasteiger partial charge in [-0.1, -0.05) is 20.8 Å². The van der Waals surface area contributed by atoms with Crippen LogP contribution in [0.15, 0.2) is 0 Å². The molecule has 2 rings (SSSR count). The minimum atomic E-state index is -0.154. The molecule has 0 amide bonds. The molecule has 0 radical (unpaired) electrons. The highest BCUT2D eigenvalue weighted by Gasteiger charge is 2.55. The minimum Gasteiger partial charge on any atom is -0.309 e. The molecule has 0 aromatic carbocycles. The van der Waals surface area contributed by atoms with E-state index >= 15 is 0 Å². The molecule has 0 aromatic heterocycles. The Hall–Kier alpha value is -0.370. The van der Waals surface area contributed by atoms with Crippen molar-refractivity contribution < 1.29 is 4.79 Å². The second-order valence-corrected chi connectivity index (χ2v) is 8.72. The Morgan fingerprint density at radius 1 is 1.00 bits per heavy atom.